The Morgan fingerprint density at radius 2 is 1.09 bits per heavy atom. The lowest BCUT2D eigenvalue weighted by atomic mass is 9.86. The van der Waals surface area contributed by atoms with Crippen LogP contribution in [0.5, 0.6) is 0 Å². The van der Waals surface area contributed by atoms with Gasteiger partial charge in [-0.3, -0.25) is 9.97 Å². The number of pyridine rings is 2. The van der Waals surface area contributed by atoms with E-state index < -0.39 is 0 Å². The van der Waals surface area contributed by atoms with Crippen LogP contribution in [-0.4, -0.2) is 9.97 Å². The van der Waals surface area contributed by atoms with Gasteiger partial charge in [0.05, 0.1) is 11.0 Å². The van der Waals surface area contributed by atoms with E-state index in [1.54, 1.807) is 0 Å². The molecule has 7 aromatic carbocycles. The summed E-state index contributed by atoms with van der Waals surface area (Å²) in [6.45, 7) is 4.22. The Morgan fingerprint density at radius 3 is 1.88 bits per heavy atom. The standard InChI is InChI=1S/C41H28N2/c1-3-29-23-37(36-19-18-26-17-16-24(2)42-40(26)41(36)43-29)28-11-4-10-27(22-28)30-20-21-35-33-13-6-9-25-8-5-12-32(38(25)33)34-15-7-14-31(30)39(34)35/h4-23H,3H2,1-2H3. The van der Waals surface area contributed by atoms with Crippen LogP contribution in [0, 0.1) is 6.92 Å². The largest absolute Gasteiger partial charge is 0.251 e. The molecule has 0 fully saturated rings. The van der Waals surface area contributed by atoms with Gasteiger partial charge in [0, 0.05) is 22.2 Å². The average molecular weight is 549 g/mol. The minimum Gasteiger partial charge on any atom is -0.251 e. The minimum atomic E-state index is 0.869. The smallest absolute Gasteiger partial charge is 0.0974 e. The number of nitrogens with zero attached hydrogens (tertiary/aromatic N) is 2. The van der Waals surface area contributed by atoms with Crippen molar-refractivity contribution < 1.29 is 0 Å². The van der Waals surface area contributed by atoms with E-state index in [4.69, 9.17) is 9.97 Å². The van der Waals surface area contributed by atoms with E-state index in [-0.39, 0.29) is 0 Å². The van der Waals surface area contributed by atoms with E-state index in [9.17, 15) is 0 Å². The molecule has 2 heteroatoms. The van der Waals surface area contributed by atoms with Crippen LogP contribution in [0.2, 0.25) is 0 Å². The molecule has 0 spiro atoms. The lowest BCUT2D eigenvalue weighted by molar-refractivity contribution is 1.06. The highest BCUT2D eigenvalue weighted by molar-refractivity contribution is 6.34. The third kappa shape index (κ3) is 3.53. The third-order valence-electron chi connectivity index (χ3n) is 9.20. The molecule has 2 heterocycles. The molecule has 0 unspecified atom stereocenters. The van der Waals surface area contributed by atoms with Gasteiger partial charge in [-0.2, -0.15) is 0 Å². The molecule has 9 aromatic rings. The Balaban J connectivity index is 1.30. The number of aromatic nitrogens is 2. The molecule has 0 aliphatic rings. The van der Waals surface area contributed by atoms with Crippen LogP contribution in [-0.2, 0) is 6.42 Å². The number of rotatable bonds is 3. The summed E-state index contributed by atoms with van der Waals surface area (Å²) >= 11 is 0. The van der Waals surface area contributed by atoms with Gasteiger partial charge in [-0.05, 0) is 96.9 Å². The molecule has 9 rings (SSSR count). The fourth-order valence-corrected chi connectivity index (χ4v) is 7.19. The molecule has 0 bridgehead atoms. The van der Waals surface area contributed by atoms with Gasteiger partial charge >= 0.3 is 0 Å². The first kappa shape index (κ1) is 24.3. The van der Waals surface area contributed by atoms with Crippen molar-refractivity contribution in [1.29, 1.82) is 0 Å². The topological polar surface area (TPSA) is 25.8 Å². The van der Waals surface area contributed by atoms with E-state index in [0.29, 0.717) is 0 Å². The molecule has 0 aliphatic carbocycles. The quantitative estimate of drug-likeness (QED) is 0.162. The van der Waals surface area contributed by atoms with Gasteiger partial charge < -0.3 is 0 Å². The molecular formula is C41H28N2. The molecule has 0 atom stereocenters. The number of aryl methyl sites for hydroxylation is 2. The van der Waals surface area contributed by atoms with E-state index in [2.05, 4.69) is 128 Å². The Bertz CT molecular complexity index is 2510. The summed E-state index contributed by atoms with van der Waals surface area (Å²) in [6, 6.07) is 44.7. The van der Waals surface area contributed by atoms with Crippen molar-refractivity contribution in [3.63, 3.8) is 0 Å². The van der Waals surface area contributed by atoms with E-state index in [1.807, 2.05) is 6.92 Å². The Morgan fingerprint density at radius 1 is 0.465 bits per heavy atom. The third-order valence-corrected chi connectivity index (χ3v) is 9.20. The first-order chi connectivity index (χ1) is 21.2. The lowest BCUT2D eigenvalue weighted by Gasteiger charge is -2.17. The zero-order chi connectivity index (χ0) is 28.7. The van der Waals surface area contributed by atoms with Crippen molar-refractivity contribution in [2.75, 3.05) is 0 Å². The SMILES string of the molecule is CCc1cc(-c2cccc(-c3ccc4c5cccc6cccc(c7cccc3c74)c65)c2)c2ccc3ccc(C)nc3c2n1. The predicted octanol–water partition coefficient (Wildman–Crippen LogP) is 11.0. The number of hydrogen-bond acceptors (Lipinski definition) is 2. The van der Waals surface area contributed by atoms with Crippen LogP contribution in [0.25, 0.3) is 87.1 Å². The molecule has 2 nitrogen and oxygen atoms in total. The zero-order valence-electron chi connectivity index (χ0n) is 24.1. The summed E-state index contributed by atoms with van der Waals surface area (Å²) in [5.41, 5.74) is 8.92. The first-order valence-electron chi connectivity index (χ1n) is 15.1. The van der Waals surface area contributed by atoms with Crippen molar-refractivity contribution in [1.82, 2.24) is 9.97 Å². The van der Waals surface area contributed by atoms with Crippen LogP contribution in [0.4, 0.5) is 0 Å². The summed E-state index contributed by atoms with van der Waals surface area (Å²) in [6.07, 6.45) is 0.869. The molecule has 0 saturated carbocycles. The molecule has 0 saturated heterocycles. The van der Waals surface area contributed by atoms with Crippen molar-refractivity contribution in [3.8, 4) is 22.3 Å². The number of fused-ring (bicyclic) bond motifs is 5. The van der Waals surface area contributed by atoms with Crippen molar-refractivity contribution in [3.05, 3.63) is 133 Å². The monoisotopic (exact) mass is 548 g/mol. The predicted molar refractivity (Wildman–Crippen MR) is 183 cm³/mol. The minimum absolute atomic E-state index is 0.869. The Kier molecular flexibility index (Phi) is 5.13. The molecular weight excluding hydrogens is 520 g/mol. The second kappa shape index (κ2) is 9.08. The van der Waals surface area contributed by atoms with Gasteiger partial charge in [-0.15, -0.1) is 0 Å². The Labute approximate surface area is 249 Å². The van der Waals surface area contributed by atoms with Gasteiger partial charge in [0.15, 0.2) is 0 Å². The van der Waals surface area contributed by atoms with Crippen LogP contribution in [0.3, 0.4) is 0 Å². The second-order valence-corrected chi connectivity index (χ2v) is 11.7. The normalized spacial score (nSPS) is 12.0. The van der Waals surface area contributed by atoms with Crippen molar-refractivity contribution >= 4 is 64.9 Å². The summed E-state index contributed by atoms with van der Waals surface area (Å²) in [5.74, 6) is 0. The van der Waals surface area contributed by atoms with Gasteiger partial charge in [0.25, 0.3) is 0 Å². The number of hydrogen-bond donors (Lipinski definition) is 0. The second-order valence-electron chi connectivity index (χ2n) is 11.7. The number of benzene rings is 7. The highest BCUT2D eigenvalue weighted by Gasteiger charge is 2.16. The molecule has 0 aliphatic heterocycles. The molecule has 0 radical (unpaired) electrons. The fourth-order valence-electron chi connectivity index (χ4n) is 7.19. The van der Waals surface area contributed by atoms with Gasteiger partial charge in [0.2, 0.25) is 0 Å². The molecule has 0 N–H and O–H groups in total. The maximum atomic E-state index is 5.08. The molecule has 0 amide bonds. The summed E-state index contributed by atoms with van der Waals surface area (Å²) in [5, 5.41) is 12.8. The average Bonchev–Trinajstić information content (AvgIpc) is 3.06. The highest BCUT2D eigenvalue weighted by Crippen LogP contribution is 2.43. The fraction of sp³-hybridized carbons (Fsp3) is 0.0732. The highest BCUT2D eigenvalue weighted by atomic mass is 14.8. The first-order valence-corrected chi connectivity index (χ1v) is 15.1. The van der Waals surface area contributed by atoms with Crippen molar-refractivity contribution in [2.45, 2.75) is 20.3 Å². The maximum Gasteiger partial charge on any atom is 0.0974 e. The van der Waals surface area contributed by atoms with Crippen LogP contribution in [0.15, 0.2) is 121 Å². The van der Waals surface area contributed by atoms with E-state index in [0.717, 1.165) is 39.6 Å². The van der Waals surface area contributed by atoms with Crippen molar-refractivity contribution in [2.24, 2.45) is 0 Å². The summed E-state index contributed by atoms with van der Waals surface area (Å²) in [4.78, 5) is 9.99. The van der Waals surface area contributed by atoms with Gasteiger partial charge in [0.1, 0.15) is 0 Å². The lowest BCUT2D eigenvalue weighted by Crippen LogP contribution is -1.95. The maximum absolute atomic E-state index is 5.08. The summed E-state index contributed by atoms with van der Waals surface area (Å²) in [7, 11) is 0. The van der Waals surface area contributed by atoms with E-state index >= 15 is 0 Å². The molecule has 43 heavy (non-hydrogen) atoms. The van der Waals surface area contributed by atoms with Gasteiger partial charge in [-0.25, -0.2) is 0 Å². The van der Waals surface area contributed by atoms with Gasteiger partial charge in [-0.1, -0.05) is 110 Å². The molecule has 2 aromatic heterocycles. The summed E-state index contributed by atoms with van der Waals surface area (Å²) < 4.78 is 0. The van der Waals surface area contributed by atoms with Crippen LogP contribution in [0.1, 0.15) is 18.3 Å². The van der Waals surface area contributed by atoms with Crippen LogP contribution < -0.4 is 0 Å². The Hall–Kier alpha value is -5.34. The van der Waals surface area contributed by atoms with E-state index in [1.165, 1.54) is 65.3 Å². The molecule has 202 valence electrons. The zero-order valence-corrected chi connectivity index (χ0v) is 24.1. The van der Waals surface area contributed by atoms with Crippen LogP contribution >= 0.6 is 0 Å².